The van der Waals surface area contributed by atoms with Gasteiger partial charge in [-0.1, -0.05) is 106 Å². The first-order chi connectivity index (χ1) is 10.8. The summed E-state index contributed by atoms with van der Waals surface area (Å²) in [5, 5.41) is 0. The maximum Gasteiger partial charge on any atom is 0.00610 e. The summed E-state index contributed by atoms with van der Waals surface area (Å²) >= 11 is 0. The molecule has 22 heavy (non-hydrogen) atoms. The highest BCUT2D eigenvalue weighted by molar-refractivity contribution is 5.63. The summed E-state index contributed by atoms with van der Waals surface area (Å²) in [6.07, 6.45) is 0. The lowest BCUT2D eigenvalue weighted by Gasteiger charge is -2.13. The number of hydrogen-bond donors (Lipinski definition) is 0. The van der Waals surface area contributed by atoms with E-state index in [0.29, 0.717) is 5.92 Å². The largest absolute Gasteiger partial charge is 0.0683 e. The van der Waals surface area contributed by atoms with Crippen LogP contribution in [-0.4, -0.2) is 0 Å². The predicted octanol–water partition coefficient (Wildman–Crippen LogP) is 6.53. The molecule has 3 aromatic carbocycles. The van der Waals surface area contributed by atoms with Gasteiger partial charge in [-0.15, -0.1) is 0 Å². The van der Waals surface area contributed by atoms with Crippen molar-refractivity contribution >= 4 is 0 Å². The van der Waals surface area contributed by atoms with Gasteiger partial charge in [0.25, 0.3) is 0 Å². The van der Waals surface area contributed by atoms with Crippen LogP contribution in [0.15, 0.2) is 84.9 Å². The Morgan fingerprint density at radius 1 is 0.500 bits per heavy atom. The van der Waals surface area contributed by atoms with Crippen LogP contribution in [0.4, 0.5) is 0 Å². The first kappa shape index (κ1) is 16.0. The topological polar surface area (TPSA) is 0 Å². The molecule has 0 aliphatic carbocycles. The van der Waals surface area contributed by atoms with Crippen LogP contribution >= 0.6 is 0 Å². The van der Waals surface area contributed by atoms with Gasteiger partial charge in [0.1, 0.15) is 0 Å². The van der Waals surface area contributed by atoms with Gasteiger partial charge in [-0.05, 0) is 22.3 Å². The highest BCUT2D eigenvalue weighted by Crippen LogP contribution is 2.26. The van der Waals surface area contributed by atoms with Gasteiger partial charge < -0.3 is 0 Å². The minimum Gasteiger partial charge on any atom is -0.0683 e. The van der Waals surface area contributed by atoms with E-state index in [9.17, 15) is 0 Å². The molecular formula is C22H24. The van der Waals surface area contributed by atoms with Gasteiger partial charge in [-0.25, -0.2) is 0 Å². The predicted molar refractivity (Wildman–Crippen MR) is 97.2 cm³/mol. The molecule has 112 valence electrons. The Morgan fingerprint density at radius 2 is 0.909 bits per heavy atom. The molecule has 0 heterocycles. The van der Waals surface area contributed by atoms with Crippen LogP contribution in [0.1, 0.15) is 37.8 Å². The Labute approximate surface area is 134 Å². The van der Waals surface area contributed by atoms with Gasteiger partial charge in [0.05, 0.1) is 0 Å². The molecule has 0 amide bonds. The quantitative estimate of drug-likeness (QED) is 0.514. The maximum absolute atomic E-state index is 2.26. The van der Waals surface area contributed by atoms with Crippen LogP contribution in [0.25, 0.3) is 11.1 Å². The molecule has 1 atom stereocenters. The molecule has 0 fully saturated rings. The van der Waals surface area contributed by atoms with E-state index >= 15 is 0 Å². The molecule has 0 spiro atoms. The monoisotopic (exact) mass is 288 g/mol. The van der Waals surface area contributed by atoms with E-state index in [1.807, 2.05) is 13.8 Å². The van der Waals surface area contributed by atoms with E-state index in [4.69, 9.17) is 0 Å². The molecule has 3 aromatic rings. The smallest absolute Gasteiger partial charge is 0.00610 e. The molecule has 0 aliphatic rings. The van der Waals surface area contributed by atoms with Crippen LogP contribution in [0, 0.1) is 0 Å². The lowest BCUT2D eigenvalue weighted by Crippen LogP contribution is -1.95. The van der Waals surface area contributed by atoms with Crippen molar-refractivity contribution in [3.05, 3.63) is 96.1 Å². The fourth-order valence-electron chi connectivity index (χ4n) is 2.53. The Morgan fingerprint density at radius 3 is 1.45 bits per heavy atom. The minimum absolute atomic E-state index is 0.432. The third-order valence-corrected chi connectivity index (χ3v) is 3.82. The lowest BCUT2D eigenvalue weighted by molar-refractivity contribution is 0.923. The van der Waals surface area contributed by atoms with Crippen LogP contribution in [-0.2, 0) is 0 Å². The van der Waals surface area contributed by atoms with Gasteiger partial charge in [0.2, 0.25) is 0 Å². The number of benzene rings is 3. The normalized spacial score (nSPS) is 11.2. The van der Waals surface area contributed by atoms with Crippen molar-refractivity contribution in [1.29, 1.82) is 0 Å². The van der Waals surface area contributed by atoms with Crippen molar-refractivity contribution in [2.24, 2.45) is 0 Å². The summed E-state index contributed by atoms with van der Waals surface area (Å²) in [5.41, 5.74) is 5.26. The molecule has 1 unspecified atom stereocenters. The number of rotatable bonds is 3. The van der Waals surface area contributed by atoms with Crippen molar-refractivity contribution in [2.75, 3.05) is 0 Å². The zero-order valence-corrected chi connectivity index (χ0v) is 13.7. The molecule has 0 heteroatoms. The fourth-order valence-corrected chi connectivity index (χ4v) is 2.53. The summed E-state index contributed by atoms with van der Waals surface area (Å²) < 4.78 is 0. The third kappa shape index (κ3) is 3.85. The Hall–Kier alpha value is -2.34. The zero-order chi connectivity index (χ0) is 15.8. The summed E-state index contributed by atoms with van der Waals surface area (Å²) in [7, 11) is 0. The molecule has 0 aromatic heterocycles. The standard InChI is InChI=1S/C20H18.C2H6/c1-16(17-8-4-2-5-9-17)18-12-14-20(15-13-18)19-10-6-3-7-11-19;1-2/h2-16H,1H3;1-2H3. The summed E-state index contributed by atoms with van der Waals surface area (Å²) in [4.78, 5) is 0. The molecule has 0 radical (unpaired) electrons. The van der Waals surface area contributed by atoms with Gasteiger partial charge in [0, 0.05) is 5.92 Å². The second-order valence-electron chi connectivity index (χ2n) is 5.12. The second kappa shape index (κ2) is 8.19. The highest BCUT2D eigenvalue weighted by Gasteiger charge is 2.07. The minimum atomic E-state index is 0.432. The first-order valence-corrected chi connectivity index (χ1v) is 8.05. The zero-order valence-electron chi connectivity index (χ0n) is 13.7. The van der Waals surface area contributed by atoms with Crippen molar-refractivity contribution < 1.29 is 0 Å². The molecule has 0 aliphatic heterocycles. The fraction of sp³-hybridized carbons (Fsp3) is 0.182. The van der Waals surface area contributed by atoms with Gasteiger partial charge in [-0.3, -0.25) is 0 Å². The van der Waals surface area contributed by atoms with Crippen molar-refractivity contribution in [3.8, 4) is 11.1 Å². The second-order valence-corrected chi connectivity index (χ2v) is 5.12. The molecule has 0 saturated heterocycles. The van der Waals surface area contributed by atoms with Crippen molar-refractivity contribution in [2.45, 2.75) is 26.7 Å². The Balaban J connectivity index is 0.000000847. The van der Waals surface area contributed by atoms with Crippen LogP contribution in [0.3, 0.4) is 0 Å². The molecule has 3 rings (SSSR count). The molecule has 0 bridgehead atoms. The van der Waals surface area contributed by atoms with Crippen molar-refractivity contribution in [3.63, 3.8) is 0 Å². The molecule has 0 nitrogen and oxygen atoms in total. The number of hydrogen-bond acceptors (Lipinski definition) is 0. The summed E-state index contributed by atoms with van der Waals surface area (Å²) in [6, 6.07) is 30.1. The first-order valence-electron chi connectivity index (χ1n) is 8.05. The average molecular weight is 288 g/mol. The van der Waals surface area contributed by atoms with Gasteiger partial charge in [0.15, 0.2) is 0 Å². The van der Waals surface area contributed by atoms with Gasteiger partial charge >= 0.3 is 0 Å². The van der Waals surface area contributed by atoms with E-state index in [0.717, 1.165) is 0 Å². The van der Waals surface area contributed by atoms with E-state index in [1.54, 1.807) is 0 Å². The Kier molecular flexibility index (Phi) is 5.97. The lowest BCUT2D eigenvalue weighted by atomic mass is 9.92. The molecule has 0 saturated carbocycles. The summed E-state index contributed by atoms with van der Waals surface area (Å²) in [5.74, 6) is 0.432. The van der Waals surface area contributed by atoms with Gasteiger partial charge in [-0.2, -0.15) is 0 Å². The van der Waals surface area contributed by atoms with Crippen LogP contribution < -0.4 is 0 Å². The van der Waals surface area contributed by atoms with Crippen molar-refractivity contribution in [1.82, 2.24) is 0 Å². The third-order valence-electron chi connectivity index (χ3n) is 3.82. The maximum atomic E-state index is 2.26. The molecule has 0 N–H and O–H groups in total. The summed E-state index contributed by atoms with van der Waals surface area (Å²) in [6.45, 7) is 6.26. The molecular weight excluding hydrogens is 264 g/mol. The SMILES string of the molecule is CC.CC(c1ccccc1)c1ccc(-c2ccccc2)cc1. The average Bonchev–Trinajstić information content (AvgIpc) is 2.64. The van der Waals surface area contributed by atoms with E-state index < -0.39 is 0 Å². The Bertz CT molecular complexity index is 651. The van der Waals surface area contributed by atoms with E-state index in [-0.39, 0.29) is 0 Å². The van der Waals surface area contributed by atoms with E-state index in [2.05, 4.69) is 91.9 Å². The van der Waals surface area contributed by atoms with Crippen LogP contribution in [0.5, 0.6) is 0 Å². The highest BCUT2D eigenvalue weighted by atomic mass is 14.1. The van der Waals surface area contributed by atoms with Crippen LogP contribution in [0.2, 0.25) is 0 Å². The van der Waals surface area contributed by atoms with E-state index in [1.165, 1.54) is 22.3 Å².